The van der Waals surface area contributed by atoms with Gasteiger partial charge in [0.1, 0.15) is 5.60 Å². The Bertz CT molecular complexity index is 304. The maximum atomic E-state index is 5.95. The topological polar surface area (TPSA) is 21.7 Å². The molecule has 3 heteroatoms. The van der Waals surface area contributed by atoms with Crippen LogP contribution in [-0.4, -0.2) is 36.3 Å². The fourth-order valence-electron chi connectivity index (χ4n) is 2.66. The zero-order valence-electron chi connectivity index (χ0n) is 12.8. The number of rotatable bonds is 5. The smallest absolute Gasteiger partial charge is 0.182 e. The molecule has 2 rings (SSSR count). The predicted molar refractivity (Wildman–Crippen MR) is 77.9 cm³/mol. The summed E-state index contributed by atoms with van der Waals surface area (Å²) in [7, 11) is 0. The van der Waals surface area contributed by atoms with Crippen molar-refractivity contribution in [2.75, 3.05) is 19.7 Å². The summed E-state index contributed by atoms with van der Waals surface area (Å²) in [6.07, 6.45) is 6.89. The molecular weight excluding hydrogens is 238 g/mol. The van der Waals surface area contributed by atoms with Gasteiger partial charge >= 0.3 is 0 Å². The third kappa shape index (κ3) is 4.72. The molecule has 1 unspecified atom stereocenters. The van der Waals surface area contributed by atoms with E-state index in [2.05, 4.69) is 32.3 Å². The van der Waals surface area contributed by atoms with Crippen LogP contribution in [0.5, 0.6) is 0 Å². The first kappa shape index (κ1) is 14.7. The number of piperidine rings is 1. The van der Waals surface area contributed by atoms with Gasteiger partial charge in [-0.05, 0) is 65.4 Å². The van der Waals surface area contributed by atoms with E-state index in [9.17, 15) is 0 Å². The van der Waals surface area contributed by atoms with E-state index in [0.717, 1.165) is 25.6 Å². The lowest BCUT2D eigenvalue weighted by Gasteiger charge is -2.38. The van der Waals surface area contributed by atoms with Crippen molar-refractivity contribution in [1.29, 1.82) is 0 Å². The van der Waals surface area contributed by atoms with E-state index in [-0.39, 0.29) is 5.60 Å². The highest BCUT2D eigenvalue weighted by Crippen LogP contribution is 2.26. The second-order valence-electron chi connectivity index (χ2n) is 6.95. The number of nitrogens with zero attached hydrogens (tertiary/aromatic N) is 1. The van der Waals surface area contributed by atoms with Gasteiger partial charge in [-0.25, -0.2) is 0 Å². The molecule has 2 fully saturated rings. The molecule has 2 aliphatic rings. The van der Waals surface area contributed by atoms with Crippen LogP contribution in [-0.2, 0) is 9.47 Å². The molecule has 0 bridgehead atoms. The highest BCUT2D eigenvalue weighted by atomic mass is 16.5. The Morgan fingerprint density at radius 2 is 1.95 bits per heavy atom. The monoisotopic (exact) mass is 267 g/mol. The number of likely N-dealkylation sites (tertiary alicyclic amines) is 1. The molecule has 1 aliphatic heterocycles. The van der Waals surface area contributed by atoms with E-state index < -0.39 is 0 Å². The van der Waals surface area contributed by atoms with Crippen molar-refractivity contribution in [3.05, 3.63) is 12.5 Å². The van der Waals surface area contributed by atoms with Crippen LogP contribution in [0.2, 0.25) is 0 Å². The van der Waals surface area contributed by atoms with Gasteiger partial charge in [-0.1, -0.05) is 0 Å². The van der Waals surface area contributed by atoms with E-state index in [4.69, 9.17) is 9.47 Å². The van der Waals surface area contributed by atoms with Crippen molar-refractivity contribution in [3.8, 4) is 0 Å². The maximum Gasteiger partial charge on any atom is 0.182 e. The molecule has 1 saturated heterocycles. The third-order valence-electron chi connectivity index (χ3n) is 3.92. The molecule has 1 atom stereocenters. The lowest BCUT2D eigenvalue weighted by atomic mass is 9.95. The van der Waals surface area contributed by atoms with Crippen LogP contribution in [0.25, 0.3) is 0 Å². The number of hydrogen-bond donors (Lipinski definition) is 0. The van der Waals surface area contributed by atoms with Crippen LogP contribution in [0.1, 0.15) is 52.9 Å². The van der Waals surface area contributed by atoms with Crippen LogP contribution in [0.3, 0.4) is 0 Å². The van der Waals surface area contributed by atoms with Crippen LogP contribution in [0.15, 0.2) is 12.5 Å². The summed E-state index contributed by atoms with van der Waals surface area (Å²) in [6.45, 7) is 13.3. The molecule has 0 amide bonds. The number of hydrogen-bond acceptors (Lipinski definition) is 3. The molecule has 110 valence electrons. The third-order valence-corrected chi connectivity index (χ3v) is 3.92. The Morgan fingerprint density at radius 3 is 2.53 bits per heavy atom. The minimum Gasteiger partial charge on any atom is -0.474 e. The Hall–Kier alpha value is -0.700. The first-order valence-corrected chi connectivity index (χ1v) is 7.68. The Balaban J connectivity index is 1.74. The molecule has 0 aromatic heterocycles. The minimum absolute atomic E-state index is 0.160. The van der Waals surface area contributed by atoms with Crippen LogP contribution < -0.4 is 0 Å². The van der Waals surface area contributed by atoms with Crippen LogP contribution in [0, 0.1) is 5.92 Å². The van der Waals surface area contributed by atoms with Gasteiger partial charge in [0.2, 0.25) is 0 Å². The van der Waals surface area contributed by atoms with E-state index in [1.807, 2.05) is 0 Å². The highest BCUT2D eigenvalue weighted by Gasteiger charge is 2.26. The second-order valence-corrected chi connectivity index (χ2v) is 6.95. The second kappa shape index (κ2) is 6.17. The summed E-state index contributed by atoms with van der Waals surface area (Å²) in [6, 6.07) is 0. The molecule has 0 radical (unpaired) electrons. The summed E-state index contributed by atoms with van der Waals surface area (Å²) in [4.78, 5) is 2.28. The predicted octanol–water partition coefficient (Wildman–Crippen LogP) is 3.55. The molecule has 1 heterocycles. The van der Waals surface area contributed by atoms with Crippen molar-refractivity contribution < 1.29 is 9.47 Å². The van der Waals surface area contributed by atoms with Crippen LogP contribution >= 0.6 is 0 Å². The van der Waals surface area contributed by atoms with Crippen molar-refractivity contribution in [2.24, 2.45) is 5.92 Å². The molecule has 1 saturated carbocycles. The fraction of sp³-hybridized carbons (Fsp3) is 0.875. The average Bonchev–Trinajstić information content (AvgIpc) is 2.25. The van der Waals surface area contributed by atoms with Crippen molar-refractivity contribution >= 4 is 0 Å². The average molecular weight is 267 g/mol. The van der Waals surface area contributed by atoms with E-state index in [1.54, 1.807) is 0 Å². The summed E-state index contributed by atoms with van der Waals surface area (Å²) >= 11 is 0. The molecule has 0 aromatic rings. The largest absolute Gasteiger partial charge is 0.474 e. The lowest BCUT2D eigenvalue weighted by molar-refractivity contribution is -0.0419. The summed E-state index contributed by atoms with van der Waals surface area (Å²) in [5, 5.41) is 0. The first-order chi connectivity index (χ1) is 8.94. The molecule has 3 nitrogen and oxygen atoms in total. The molecule has 19 heavy (non-hydrogen) atoms. The zero-order chi connectivity index (χ0) is 13.9. The number of ether oxygens (including phenoxy) is 2. The standard InChI is InChI=1S/C16H29NO2/c1-13(19-16(2,3)4)17-10-6-7-14(11-17)12-18-15-8-5-9-15/h14-15H,1,5-12H2,2-4H3. The van der Waals surface area contributed by atoms with E-state index >= 15 is 0 Å². The normalized spacial score (nSPS) is 25.0. The van der Waals surface area contributed by atoms with Gasteiger partial charge < -0.3 is 14.4 Å². The highest BCUT2D eigenvalue weighted by molar-refractivity contribution is 4.90. The van der Waals surface area contributed by atoms with Gasteiger partial charge in [0.15, 0.2) is 5.88 Å². The Kier molecular flexibility index (Phi) is 4.77. The summed E-state index contributed by atoms with van der Waals surface area (Å²) in [5.41, 5.74) is -0.160. The van der Waals surface area contributed by atoms with Gasteiger partial charge in [0.05, 0.1) is 12.7 Å². The van der Waals surface area contributed by atoms with Gasteiger partial charge in [0.25, 0.3) is 0 Å². The van der Waals surface area contributed by atoms with Crippen LogP contribution in [0.4, 0.5) is 0 Å². The van der Waals surface area contributed by atoms with Gasteiger partial charge in [0, 0.05) is 13.1 Å². The molecular formula is C16H29NO2. The lowest BCUT2D eigenvalue weighted by Crippen LogP contribution is -2.39. The summed E-state index contributed by atoms with van der Waals surface area (Å²) < 4.78 is 11.8. The van der Waals surface area contributed by atoms with Gasteiger partial charge in [-0.15, -0.1) is 0 Å². The van der Waals surface area contributed by atoms with Gasteiger partial charge in [-0.2, -0.15) is 0 Å². The first-order valence-electron chi connectivity index (χ1n) is 7.68. The van der Waals surface area contributed by atoms with Crippen molar-refractivity contribution in [3.63, 3.8) is 0 Å². The summed E-state index contributed by atoms with van der Waals surface area (Å²) in [5.74, 6) is 1.45. The fourth-order valence-corrected chi connectivity index (χ4v) is 2.66. The molecule has 0 aromatic carbocycles. The van der Waals surface area contributed by atoms with Crippen molar-refractivity contribution in [1.82, 2.24) is 4.90 Å². The molecule has 1 aliphatic carbocycles. The maximum absolute atomic E-state index is 5.95. The van der Waals surface area contributed by atoms with E-state index in [0.29, 0.717) is 12.0 Å². The molecule has 0 N–H and O–H groups in total. The van der Waals surface area contributed by atoms with E-state index in [1.165, 1.54) is 32.1 Å². The quantitative estimate of drug-likeness (QED) is 0.711. The Morgan fingerprint density at radius 1 is 1.21 bits per heavy atom. The minimum atomic E-state index is -0.160. The van der Waals surface area contributed by atoms with Gasteiger partial charge in [-0.3, -0.25) is 0 Å². The SMILES string of the molecule is C=C(OC(C)(C)C)N1CCCC(COC2CCC2)C1. The van der Waals surface area contributed by atoms with Crippen molar-refractivity contribution in [2.45, 2.75) is 64.6 Å². The molecule has 0 spiro atoms. The zero-order valence-corrected chi connectivity index (χ0v) is 12.8. The Labute approximate surface area is 117 Å².